The fourth-order valence-corrected chi connectivity index (χ4v) is 1.05. The highest BCUT2D eigenvalue weighted by Crippen LogP contribution is 2.20. The van der Waals surface area contributed by atoms with E-state index in [-0.39, 0.29) is 13.2 Å². The molecule has 0 bridgehead atoms. The SMILES string of the molecule is CN(CCCO)C(=O)C(O)C(C)(C)CO. The zero-order chi connectivity index (χ0) is 12.1. The van der Waals surface area contributed by atoms with Crippen LogP contribution in [0.1, 0.15) is 20.3 Å². The maximum absolute atomic E-state index is 11.6. The Labute approximate surface area is 90.3 Å². The molecule has 15 heavy (non-hydrogen) atoms. The van der Waals surface area contributed by atoms with E-state index in [4.69, 9.17) is 10.2 Å². The molecule has 0 radical (unpaired) electrons. The van der Waals surface area contributed by atoms with Crippen LogP contribution in [0.5, 0.6) is 0 Å². The van der Waals surface area contributed by atoms with Crippen LogP contribution in [0.15, 0.2) is 0 Å². The van der Waals surface area contributed by atoms with Crippen molar-refractivity contribution in [3.63, 3.8) is 0 Å². The summed E-state index contributed by atoms with van der Waals surface area (Å²) in [5, 5.41) is 27.3. The van der Waals surface area contributed by atoms with Crippen molar-refractivity contribution in [2.45, 2.75) is 26.4 Å². The van der Waals surface area contributed by atoms with Gasteiger partial charge in [0.2, 0.25) is 0 Å². The van der Waals surface area contributed by atoms with Gasteiger partial charge in [-0.15, -0.1) is 0 Å². The number of aliphatic hydroxyl groups is 3. The minimum Gasteiger partial charge on any atom is -0.396 e. The van der Waals surface area contributed by atoms with E-state index in [0.717, 1.165) is 0 Å². The Hall–Kier alpha value is -0.650. The molecular weight excluding hydrogens is 198 g/mol. The van der Waals surface area contributed by atoms with Crippen molar-refractivity contribution >= 4 is 5.91 Å². The Morgan fingerprint density at radius 1 is 1.40 bits per heavy atom. The van der Waals surface area contributed by atoms with Crippen LogP contribution >= 0.6 is 0 Å². The molecule has 90 valence electrons. The van der Waals surface area contributed by atoms with E-state index >= 15 is 0 Å². The van der Waals surface area contributed by atoms with Crippen LogP contribution in [0.3, 0.4) is 0 Å². The fraction of sp³-hybridized carbons (Fsp3) is 0.900. The normalized spacial score (nSPS) is 13.7. The maximum atomic E-state index is 11.6. The van der Waals surface area contributed by atoms with Crippen LogP contribution in [0.25, 0.3) is 0 Å². The molecule has 0 saturated carbocycles. The molecule has 0 rings (SSSR count). The molecule has 5 nitrogen and oxygen atoms in total. The van der Waals surface area contributed by atoms with Crippen LogP contribution in [-0.2, 0) is 4.79 Å². The Morgan fingerprint density at radius 3 is 2.33 bits per heavy atom. The molecule has 0 spiro atoms. The van der Waals surface area contributed by atoms with Gasteiger partial charge >= 0.3 is 0 Å². The molecule has 0 aromatic carbocycles. The van der Waals surface area contributed by atoms with E-state index < -0.39 is 17.4 Å². The van der Waals surface area contributed by atoms with Crippen LogP contribution in [0.2, 0.25) is 0 Å². The van der Waals surface area contributed by atoms with Crippen molar-refractivity contribution in [1.82, 2.24) is 4.90 Å². The highest BCUT2D eigenvalue weighted by molar-refractivity contribution is 5.81. The predicted octanol–water partition coefficient (Wildman–Crippen LogP) is -0.793. The standard InChI is InChI=1S/C10H21NO4/c1-10(2,7-13)8(14)9(15)11(3)5-4-6-12/h8,12-14H,4-7H2,1-3H3. The van der Waals surface area contributed by atoms with Crippen LogP contribution in [0, 0.1) is 5.41 Å². The highest BCUT2D eigenvalue weighted by atomic mass is 16.3. The van der Waals surface area contributed by atoms with Gasteiger partial charge in [0.15, 0.2) is 0 Å². The molecule has 0 saturated heterocycles. The summed E-state index contributed by atoms with van der Waals surface area (Å²) in [6.45, 7) is 3.39. The number of hydrogen-bond donors (Lipinski definition) is 3. The summed E-state index contributed by atoms with van der Waals surface area (Å²) >= 11 is 0. The second kappa shape index (κ2) is 6.05. The Morgan fingerprint density at radius 2 is 1.93 bits per heavy atom. The number of aliphatic hydroxyl groups excluding tert-OH is 3. The molecule has 0 aliphatic heterocycles. The summed E-state index contributed by atoms with van der Waals surface area (Å²) in [4.78, 5) is 13.0. The lowest BCUT2D eigenvalue weighted by molar-refractivity contribution is -0.147. The van der Waals surface area contributed by atoms with E-state index in [1.165, 1.54) is 4.90 Å². The minimum absolute atomic E-state index is 0.0110. The number of amides is 1. The average Bonchev–Trinajstić information content (AvgIpc) is 2.23. The summed E-state index contributed by atoms with van der Waals surface area (Å²) in [6, 6.07) is 0. The fourth-order valence-electron chi connectivity index (χ4n) is 1.05. The lowest BCUT2D eigenvalue weighted by Gasteiger charge is -2.30. The van der Waals surface area contributed by atoms with Gasteiger partial charge in [0, 0.05) is 25.6 Å². The third-order valence-corrected chi connectivity index (χ3v) is 2.41. The van der Waals surface area contributed by atoms with Crippen LogP contribution in [-0.4, -0.2) is 59.0 Å². The molecule has 0 fully saturated rings. The van der Waals surface area contributed by atoms with E-state index in [1.54, 1.807) is 20.9 Å². The average molecular weight is 219 g/mol. The van der Waals surface area contributed by atoms with E-state index in [0.29, 0.717) is 13.0 Å². The highest BCUT2D eigenvalue weighted by Gasteiger charge is 2.34. The molecular formula is C10H21NO4. The molecule has 1 amide bonds. The molecule has 0 aromatic heterocycles. The number of nitrogens with zero attached hydrogens (tertiary/aromatic N) is 1. The van der Waals surface area contributed by atoms with E-state index in [2.05, 4.69) is 0 Å². The summed E-state index contributed by atoms with van der Waals surface area (Å²) in [5.41, 5.74) is -0.843. The summed E-state index contributed by atoms with van der Waals surface area (Å²) in [7, 11) is 1.56. The summed E-state index contributed by atoms with van der Waals surface area (Å²) in [5.74, 6) is -0.428. The minimum atomic E-state index is -1.22. The van der Waals surface area contributed by atoms with Gasteiger partial charge in [-0.1, -0.05) is 13.8 Å². The van der Waals surface area contributed by atoms with Gasteiger partial charge in [-0.2, -0.15) is 0 Å². The Bertz CT molecular complexity index is 206. The molecule has 1 atom stereocenters. The molecule has 1 unspecified atom stereocenters. The maximum Gasteiger partial charge on any atom is 0.251 e. The lowest BCUT2D eigenvalue weighted by atomic mass is 9.87. The summed E-state index contributed by atoms with van der Waals surface area (Å²) in [6.07, 6.45) is -0.736. The predicted molar refractivity (Wildman–Crippen MR) is 56.2 cm³/mol. The zero-order valence-electron chi connectivity index (χ0n) is 9.60. The topological polar surface area (TPSA) is 81.0 Å². The van der Waals surface area contributed by atoms with Gasteiger partial charge in [0.1, 0.15) is 6.10 Å². The van der Waals surface area contributed by atoms with Gasteiger partial charge < -0.3 is 20.2 Å². The lowest BCUT2D eigenvalue weighted by Crippen LogP contribution is -2.46. The number of carbonyl (C=O) groups is 1. The molecule has 5 heteroatoms. The zero-order valence-corrected chi connectivity index (χ0v) is 9.60. The second-order valence-corrected chi connectivity index (χ2v) is 4.39. The molecule has 0 aliphatic carbocycles. The second-order valence-electron chi connectivity index (χ2n) is 4.39. The molecule has 0 heterocycles. The number of hydrogen-bond acceptors (Lipinski definition) is 4. The molecule has 0 aromatic rings. The summed E-state index contributed by atoms with van der Waals surface area (Å²) < 4.78 is 0. The van der Waals surface area contributed by atoms with Crippen molar-refractivity contribution in [3.05, 3.63) is 0 Å². The first-order valence-corrected chi connectivity index (χ1v) is 5.01. The third kappa shape index (κ3) is 4.15. The van der Waals surface area contributed by atoms with Crippen molar-refractivity contribution in [2.24, 2.45) is 5.41 Å². The quantitative estimate of drug-likeness (QED) is 0.546. The van der Waals surface area contributed by atoms with Crippen molar-refractivity contribution in [3.8, 4) is 0 Å². The number of carbonyl (C=O) groups excluding carboxylic acids is 1. The van der Waals surface area contributed by atoms with Gasteiger partial charge in [0.25, 0.3) is 5.91 Å². The number of rotatable bonds is 6. The monoisotopic (exact) mass is 219 g/mol. The first-order chi connectivity index (χ1) is 6.86. The van der Waals surface area contributed by atoms with Crippen LogP contribution in [0.4, 0.5) is 0 Å². The van der Waals surface area contributed by atoms with Gasteiger partial charge in [-0.3, -0.25) is 4.79 Å². The molecule has 3 N–H and O–H groups in total. The smallest absolute Gasteiger partial charge is 0.251 e. The Kier molecular flexibility index (Phi) is 5.79. The van der Waals surface area contributed by atoms with E-state index in [1.807, 2.05) is 0 Å². The van der Waals surface area contributed by atoms with E-state index in [9.17, 15) is 9.90 Å². The number of likely N-dealkylation sites (N-methyl/N-ethyl adjacent to an activating group) is 1. The largest absolute Gasteiger partial charge is 0.396 e. The van der Waals surface area contributed by atoms with Gasteiger partial charge in [-0.25, -0.2) is 0 Å². The van der Waals surface area contributed by atoms with Gasteiger partial charge in [-0.05, 0) is 6.42 Å². The van der Waals surface area contributed by atoms with Gasteiger partial charge in [0.05, 0.1) is 6.61 Å². The third-order valence-electron chi connectivity index (χ3n) is 2.41. The van der Waals surface area contributed by atoms with Crippen molar-refractivity contribution in [2.75, 3.05) is 26.8 Å². The first kappa shape index (κ1) is 14.3. The Balaban J connectivity index is 4.31. The molecule has 0 aliphatic rings. The van der Waals surface area contributed by atoms with Crippen molar-refractivity contribution in [1.29, 1.82) is 0 Å². The van der Waals surface area contributed by atoms with Crippen LogP contribution < -0.4 is 0 Å². The van der Waals surface area contributed by atoms with Crippen molar-refractivity contribution < 1.29 is 20.1 Å². The first-order valence-electron chi connectivity index (χ1n) is 5.01.